The maximum absolute atomic E-state index is 14.4. The molecule has 1 saturated carbocycles. The molecule has 5 rings (SSSR count). The van der Waals surface area contributed by atoms with Crippen molar-refractivity contribution in [1.82, 2.24) is 30.9 Å². The summed E-state index contributed by atoms with van der Waals surface area (Å²) in [5.74, 6) is -0.525. The molecular formula is C35H42N8O5. The summed E-state index contributed by atoms with van der Waals surface area (Å²) in [7, 11) is 0. The van der Waals surface area contributed by atoms with Crippen molar-refractivity contribution < 1.29 is 24.2 Å². The largest absolute Gasteiger partial charge is 0.493 e. The van der Waals surface area contributed by atoms with Gasteiger partial charge in [0.25, 0.3) is 0 Å². The Kier molecular flexibility index (Phi) is 10.4. The van der Waals surface area contributed by atoms with E-state index in [1.54, 1.807) is 30.3 Å². The lowest BCUT2D eigenvalue weighted by molar-refractivity contribution is -0.127. The lowest BCUT2D eigenvalue weighted by atomic mass is 9.81. The van der Waals surface area contributed by atoms with Crippen LogP contribution in [0.1, 0.15) is 57.7 Å². The van der Waals surface area contributed by atoms with Gasteiger partial charge >= 0.3 is 6.09 Å². The highest BCUT2D eigenvalue weighted by atomic mass is 16.6. The number of nitrogens with zero attached hydrogens (tertiary/aromatic N) is 5. The highest BCUT2D eigenvalue weighted by Crippen LogP contribution is 2.34. The third kappa shape index (κ3) is 8.52. The summed E-state index contributed by atoms with van der Waals surface area (Å²) in [6.45, 7) is 7.73. The molecule has 0 aliphatic heterocycles. The molecule has 0 bridgehead atoms. The highest BCUT2D eigenvalue weighted by molar-refractivity contribution is 6.01. The summed E-state index contributed by atoms with van der Waals surface area (Å²) in [4.78, 5) is 45.5. The Morgan fingerprint density at radius 1 is 1.04 bits per heavy atom. The molecular weight excluding hydrogens is 612 g/mol. The third-order valence-electron chi connectivity index (χ3n) is 8.51. The van der Waals surface area contributed by atoms with E-state index in [1.165, 1.54) is 11.0 Å². The van der Waals surface area contributed by atoms with Crippen molar-refractivity contribution in [1.29, 1.82) is 0 Å². The van der Waals surface area contributed by atoms with Gasteiger partial charge in [0, 0.05) is 47.5 Å². The predicted octanol–water partition coefficient (Wildman–Crippen LogP) is 4.70. The number of hydrogen-bond acceptors (Lipinski definition) is 9. The average molecular weight is 655 g/mol. The first-order valence-electron chi connectivity index (χ1n) is 16.1. The Balaban J connectivity index is 1.38. The summed E-state index contributed by atoms with van der Waals surface area (Å²) >= 11 is 0. The number of aromatic amines is 1. The molecule has 1 fully saturated rings. The van der Waals surface area contributed by atoms with E-state index in [-0.39, 0.29) is 30.0 Å². The second-order valence-electron chi connectivity index (χ2n) is 13.2. The molecule has 1 aliphatic rings. The molecule has 0 unspecified atom stereocenters. The monoisotopic (exact) mass is 654 g/mol. The number of carbonyl (C=O) groups excluding carboxylic acids is 3. The Hall–Kier alpha value is -5.33. The zero-order chi connectivity index (χ0) is 34.4. The van der Waals surface area contributed by atoms with Gasteiger partial charge in [-0.2, -0.15) is 0 Å². The van der Waals surface area contributed by atoms with Gasteiger partial charge in [-0.05, 0) is 111 Å². The van der Waals surface area contributed by atoms with E-state index in [4.69, 9.17) is 10.5 Å². The number of pyridine rings is 1. The van der Waals surface area contributed by atoms with Gasteiger partial charge in [-0.1, -0.05) is 24.3 Å². The molecule has 4 aromatic rings. The number of aromatic nitrogens is 5. The molecule has 13 nitrogen and oxygen atoms in total. The van der Waals surface area contributed by atoms with Crippen LogP contribution in [0, 0.1) is 18.8 Å². The molecule has 2 heterocycles. The number of rotatable bonds is 10. The van der Waals surface area contributed by atoms with Gasteiger partial charge < -0.3 is 20.9 Å². The van der Waals surface area contributed by atoms with E-state index in [0.717, 1.165) is 35.1 Å². The summed E-state index contributed by atoms with van der Waals surface area (Å²) in [6.07, 6.45) is 2.41. The van der Waals surface area contributed by atoms with Crippen molar-refractivity contribution in [3.8, 4) is 28.4 Å². The van der Waals surface area contributed by atoms with Crippen LogP contribution in [0.5, 0.6) is 5.88 Å². The van der Waals surface area contributed by atoms with Crippen LogP contribution in [0.4, 0.5) is 10.5 Å². The minimum atomic E-state index is -0.976. The van der Waals surface area contributed by atoms with E-state index in [0.29, 0.717) is 36.6 Å². The Labute approximate surface area is 279 Å². The number of ether oxygens (including phenoxy) is 1. The number of amides is 3. The highest BCUT2D eigenvalue weighted by Gasteiger charge is 2.36. The minimum absolute atomic E-state index is 0.0609. The molecule has 252 valence electrons. The molecule has 0 spiro atoms. The standard InChI is InChI=1S/C35H42N8O5/c1-21-28(16-17-30(44)38-21)26-7-5-6-23(18-26)19-29(31(36)45)43(27-14-12-24(13-15-27)32-39-41-42-40-32)33(46)25-10-8-22(9-11-25)20-37-34(47)48-35(2,3)4/h5-7,12-18,22,25,29H,8-11,19-20H2,1-4H3,(H2,36,45)(H,37,47)(H,38,44)(H,39,40,41,42)/t22-,25-,29-/m0/s1. The third-order valence-corrected chi connectivity index (χ3v) is 8.51. The number of aryl methyl sites for hydroxylation is 1. The van der Waals surface area contributed by atoms with E-state index in [9.17, 15) is 19.5 Å². The van der Waals surface area contributed by atoms with Crippen LogP contribution in [-0.4, -0.2) is 66.8 Å². The summed E-state index contributed by atoms with van der Waals surface area (Å²) < 4.78 is 5.36. The van der Waals surface area contributed by atoms with Gasteiger partial charge in [0.2, 0.25) is 17.7 Å². The molecule has 0 radical (unpaired) electrons. The average Bonchev–Trinajstić information content (AvgIpc) is 3.59. The van der Waals surface area contributed by atoms with Crippen LogP contribution in [0.25, 0.3) is 22.5 Å². The molecule has 2 aromatic carbocycles. The van der Waals surface area contributed by atoms with Crippen molar-refractivity contribution in [2.45, 2.75) is 71.4 Å². The smallest absolute Gasteiger partial charge is 0.407 e. The number of nitrogens with one attached hydrogen (secondary N) is 2. The first-order chi connectivity index (χ1) is 22.9. The second kappa shape index (κ2) is 14.6. The zero-order valence-corrected chi connectivity index (χ0v) is 27.6. The number of anilines is 1. The number of carbonyl (C=O) groups is 3. The Morgan fingerprint density at radius 3 is 2.40 bits per heavy atom. The number of H-pyrrole nitrogens is 1. The van der Waals surface area contributed by atoms with Crippen LogP contribution in [0.15, 0.2) is 60.7 Å². The Morgan fingerprint density at radius 2 is 1.77 bits per heavy atom. The summed E-state index contributed by atoms with van der Waals surface area (Å²) in [5, 5.41) is 26.6. The fraction of sp³-hybridized carbons (Fsp3) is 0.400. The van der Waals surface area contributed by atoms with Crippen molar-refractivity contribution in [2.75, 3.05) is 11.4 Å². The number of aromatic hydroxyl groups is 1. The van der Waals surface area contributed by atoms with E-state index >= 15 is 0 Å². The van der Waals surface area contributed by atoms with Crippen LogP contribution in [0.2, 0.25) is 0 Å². The van der Waals surface area contributed by atoms with Gasteiger partial charge in [-0.15, -0.1) is 5.10 Å². The molecule has 0 saturated heterocycles. The first-order valence-corrected chi connectivity index (χ1v) is 16.1. The molecule has 5 N–H and O–H groups in total. The number of nitrogens with two attached hydrogens (primary N) is 1. The number of tetrazole rings is 1. The van der Waals surface area contributed by atoms with Gasteiger partial charge in [-0.3, -0.25) is 14.5 Å². The molecule has 1 atom stereocenters. The molecule has 3 amide bonds. The lowest BCUT2D eigenvalue weighted by Crippen LogP contribution is -2.52. The number of hydrogen-bond donors (Lipinski definition) is 4. The van der Waals surface area contributed by atoms with Crippen LogP contribution in [0.3, 0.4) is 0 Å². The summed E-state index contributed by atoms with van der Waals surface area (Å²) in [5.41, 5.74) is 9.91. The molecule has 2 aromatic heterocycles. The van der Waals surface area contributed by atoms with E-state index < -0.39 is 23.6 Å². The molecule has 1 aliphatic carbocycles. The fourth-order valence-electron chi connectivity index (χ4n) is 6.14. The van der Waals surface area contributed by atoms with Crippen molar-refractivity contribution in [3.05, 3.63) is 71.9 Å². The maximum Gasteiger partial charge on any atom is 0.407 e. The van der Waals surface area contributed by atoms with Gasteiger partial charge in [-0.25, -0.2) is 14.9 Å². The van der Waals surface area contributed by atoms with Crippen molar-refractivity contribution in [3.63, 3.8) is 0 Å². The fourth-order valence-corrected chi connectivity index (χ4v) is 6.14. The van der Waals surface area contributed by atoms with Crippen LogP contribution >= 0.6 is 0 Å². The van der Waals surface area contributed by atoms with E-state index in [2.05, 4.69) is 30.9 Å². The van der Waals surface area contributed by atoms with Crippen LogP contribution in [-0.2, 0) is 20.7 Å². The zero-order valence-electron chi connectivity index (χ0n) is 27.6. The maximum atomic E-state index is 14.4. The van der Waals surface area contributed by atoms with Crippen molar-refractivity contribution in [2.24, 2.45) is 17.6 Å². The number of alkyl carbamates (subject to hydrolysis) is 1. The SMILES string of the molecule is Cc1nc(O)ccc1-c1cccc(C[C@@H](C(N)=O)N(c2ccc(-c3nnn[nH]3)cc2)C(=O)[C@H]2CC[C@H](CNC(=O)OC(C)(C)C)CC2)c1. The van der Waals surface area contributed by atoms with Crippen molar-refractivity contribution >= 4 is 23.6 Å². The van der Waals surface area contributed by atoms with Gasteiger partial charge in [0.1, 0.15) is 11.6 Å². The predicted molar refractivity (Wildman–Crippen MR) is 180 cm³/mol. The molecule has 13 heteroatoms. The molecule has 48 heavy (non-hydrogen) atoms. The first kappa shape index (κ1) is 34.0. The van der Waals surface area contributed by atoms with Gasteiger partial charge in [0.05, 0.1) is 0 Å². The van der Waals surface area contributed by atoms with Crippen LogP contribution < -0.4 is 16.0 Å². The van der Waals surface area contributed by atoms with E-state index in [1.807, 2.05) is 52.0 Å². The lowest BCUT2D eigenvalue weighted by Gasteiger charge is -2.36. The second-order valence-corrected chi connectivity index (χ2v) is 13.2. The normalized spacial score (nSPS) is 16.9. The topological polar surface area (TPSA) is 189 Å². The number of benzene rings is 2. The van der Waals surface area contributed by atoms with Gasteiger partial charge in [0.15, 0.2) is 5.82 Å². The minimum Gasteiger partial charge on any atom is -0.493 e. The Bertz CT molecular complexity index is 1730. The number of primary amides is 1. The quantitative estimate of drug-likeness (QED) is 0.188. The summed E-state index contributed by atoms with van der Waals surface area (Å²) in [6, 6.07) is 17.1.